The minimum atomic E-state index is -0.833. The van der Waals surface area contributed by atoms with Gasteiger partial charge in [0.05, 0.1) is 0 Å². The molecule has 0 rings (SSSR count). The Morgan fingerprint density at radius 1 is 1.50 bits per heavy atom. The van der Waals surface area contributed by atoms with Crippen LogP contribution in [0.1, 0.15) is 33.1 Å². The van der Waals surface area contributed by atoms with Crippen molar-refractivity contribution in [1.29, 1.82) is 0 Å². The monoisotopic (exact) mass is 170 g/mol. The number of hydrogen-bond acceptors (Lipinski definition) is 1. The Hall–Kier alpha value is -1.05. The molecule has 0 saturated heterocycles. The summed E-state index contributed by atoms with van der Waals surface area (Å²) in [6.07, 6.45) is 9.82. The molecule has 2 nitrogen and oxygen atoms in total. The van der Waals surface area contributed by atoms with E-state index in [2.05, 4.69) is 18.7 Å². The quantitative estimate of drug-likeness (QED) is 0.520. The molecule has 0 aliphatic heterocycles. The zero-order valence-corrected chi connectivity index (χ0v) is 7.92. The minimum Gasteiger partial charge on any atom is -0.481 e. The molecule has 0 aliphatic rings. The van der Waals surface area contributed by atoms with Gasteiger partial charge in [0, 0.05) is 6.92 Å². The summed E-state index contributed by atoms with van der Waals surface area (Å²) in [5.41, 5.74) is 0. The predicted molar refractivity (Wildman–Crippen MR) is 52.2 cm³/mol. The zero-order valence-electron chi connectivity index (χ0n) is 7.92. The van der Waals surface area contributed by atoms with E-state index in [-0.39, 0.29) is 0 Å². The second-order valence-electron chi connectivity index (χ2n) is 2.31. The number of carbonyl (C=O) groups is 1. The molecule has 0 aromatic heterocycles. The predicted octanol–water partition coefficient (Wildman–Crippen LogP) is 3.01. The molecule has 0 spiro atoms. The lowest BCUT2D eigenvalue weighted by atomic mass is 10.2. The van der Waals surface area contributed by atoms with Crippen molar-refractivity contribution >= 4 is 5.97 Å². The van der Waals surface area contributed by atoms with E-state index in [0.29, 0.717) is 0 Å². The molecule has 0 aliphatic carbocycles. The highest BCUT2D eigenvalue weighted by Gasteiger charge is 1.75. The van der Waals surface area contributed by atoms with Gasteiger partial charge in [-0.1, -0.05) is 18.2 Å². The van der Waals surface area contributed by atoms with Crippen LogP contribution in [0.25, 0.3) is 0 Å². The van der Waals surface area contributed by atoms with Crippen molar-refractivity contribution < 1.29 is 9.90 Å². The van der Waals surface area contributed by atoms with Crippen molar-refractivity contribution in [2.24, 2.45) is 0 Å². The molecule has 0 bridgehead atoms. The lowest BCUT2D eigenvalue weighted by Crippen LogP contribution is -1.78. The molecule has 1 N–H and O–H groups in total. The molecule has 0 amide bonds. The van der Waals surface area contributed by atoms with E-state index >= 15 is 0 Å². The molecule has 2 heteroatoms. The summed E-state index contributed by atoms with van der Waals surface area (Å²) in [5.74, 6) is -0.833. The van der Waals surface area contributed by atoms with Crippen LogP contribution in [0, 0.1) is 0 Å². The van der Waals surface area contributed by atoms with Crippen LogP contribution in [0.15, 0.2) is 24.8 Å². The standard InChI is InChI=1S/C8H14.C2H4O2/c1-3-5-7-8-6-4-2;1-2(3)4/h3-4,6H,1,5,7-8H2,2H3;1H3,(H,3,4). The maximum absolute atomic E-state index is 9.00. The van der Waals surface area contributed by atoms with Crippen LogP contribution in [0.4, 0.5) is 0 Å². The van der Waals surface area contributed by atoms with Crippen molar-refractivity contribution in [2.45, 2.75) is 33.1 Å². The van der Waals surface area contributed by atoms with E-state index in [9.17, 15) is 0 Å². The summed E-state index contributed by atoms with van der Waals surface area (Å²) in [7, 11) is 0. The summed E-state index contributed by atoms with van der Waals surface area (Å²) < 4.78 is 0. The Kier molecular flexibility index (Phi) is 14.2. The molecular formula is C10H18O2. The summed E-state index contributed by atoms with van der Waals surface area (Å²) in [6.45, 7) is 6.77. The summed E-state index contributed by atoms with van der Waals surface area (Å²) in [4.78, 5) is 9.00. The van der Waals surface area contributed by atoms with Gasteiger partial charge in [0.2, 0.25) is 0 Å². The summed E-state index contributed by atoms with van der Waals surface area (Å²) in [6, 6.07) is 0. The van der Waals surface area contributed by atoms with Crippen LogP contribution in [0.5, 0.6) is 0 Å². The van der Waals surface area contributed by atoms with Gasteiger partial charge in [-0.2, -0.15) is 0 Å². The number of allylic oxidation sites excluding steroid dienone is 3. The van der Waals surface area contributed by atoms with Crippen LogP contribution in [0.2, 0.25) is 0 Å². The van der Waals surface area contributed by atoms with Gasteiger partial charge < -0.3 is 5.11 Å². The molecular weight excluding hydrogens is 152 g/mol. The topological polar surface area (TPSA) is 37.3 Å². The van der Waals surface area contributed by atoms with Gasteiger partial charge in [-0.25, -0.2) is 0 Å². The van der Waals surface area contributed by atoms with Crippen molar-refractivity contribution in [3.8, 4) is 0 Å². The average molecular weight is 170 g/mol. The highest BCUT2D eigenvalue weighted by atomic mass is 16.4. The Bertz CT molecular complexity index is 133. The number of carboxylic acid groups (broad SMARTS) is 1. The normalized spacial score (nSPS) is 8.83. The van der Waals surface area contributed by atoms with Gasteiger partial charge >= 0.3 is 0 Å². The largest absolute Gasteiger partial charge is 0.481 e. The highest BCUT2D eigenvalue weighted by molar-refractivity contribution is 5.62. The molecule has 0 radical (unpaired) electrons. The Balaban J connectivity index is 0. The van der Waals surface area contributed by atoms with E-state index in [1.54, 1.807) is 0 Å². The number of carboxylic acids is 1. The van der Waals surface area contributed by atoms with E-state index in [1.165, 1.54) is 12.8 Å². The average Bonchev–Trinajstić information content (AvgIpc) is 1.97. The first-order chi connectivity index (χ1) is 5.65. The van der Waals surface area contributed by atoms with E-state index in [1.807, 2.05) is 13.0 Å². The second kappa shape index (κ2) is 12.6. The maximum Gasteiger partial charge on any atom is 0.300 e. The van der Waals surface area contributed by atoms with E-state index in [4.69, 9.17) is 9.90 Å². The Morgan fingerprint density at radius 2 is 2.00 bits per heavy atom. The van der Waals surface area contributed by atoms with Crippen LogP contribution in [-0.4, -0.2) is 11.1 Å². The third kappa shape index (κ3) is 36.3. The SMILES string of the molecule is C=CCCCC=CC.CC(=O)O. The molecule has 0 aromatic rings. The van der Waals surface area contributed by atoms with E-state index < -0.39 is 5.97 Å². The molecule has 0 unspecified atom stereocenters. The maximum atomic E-state index is 9.00. The number of rotatable bonds is 4. The summed E-state index contributed by atoms with van der Waals surface area (Å²) in [5, 5.41) is 7.42. The molecule has 0 fully saturated rings. The molecule has 12 heavy (non-hydrogen) atoms. The van der Waals surface area contributed by atoms with E-state index in [0.717, 1.165) is 13.3 Å². The highest BCUT2D eigenvalue weighted by Crippen LogP contribution is 1.95. The first kappa shape index (κ1) is 13.5. The number of aliphatic carboxylic acids is 1. The molecule has 0 saturated carbocycles. The number of hydrogen-bond donors (Lipinski definition) is 1. The zero-order chi connectivity index (χ0) is 9.82. The van der Waals surface area contributed by atoms with Gasteiger partial charge in [-0.15, -0.1) is 6.58 Å². The van der Waals surface area contributed by atoms with Crippen molar-refractivity contribution in [3.05, 3.63) is 24.8 Å². The fourth-order valence-corrected chi connectivity index (χ4v) is 0.547. The first-order valence-electron chi connectivity index (χ1n) is 4.06. The van der Waals surface area contributed by atoms with Crippen molar-refractivity contribution in [3.63, 3.8) is 0 Å². The van der Waals surface area contributed by atoms with Gasteiger partial charge in [0.1, 0.15) is 0 Å². The smallest absolute Gasteiger partial charge is 0.300 e. The fraction of sp³-hybridized carbons (Fsp3) is 0.500. The molecule has 0 heterocycles. The minimum absolute atomic E-state index is 0.833. The third-order valence-corrected chi connectivity index (χ3v) is 1.01. The lowest BCUT2D eigenvalue weighted by molar-refractivity contribution is -0.134. The van der Waals surface area contributed by atoms with Gasteiger partial charge in [-0.05, 0) is 26.2 Å². The Labute approximate surface area is 74.6 Å². The molecule has 70 valence electrons. The third-order valence-electron chi connectivity index (χ3n) is 1.01. The fourth-order valence-electron chi connectivity index (χ4n) is 0.547. The Morgan fingerprint density at radius 3 is 2.33 bits per heavy atom. The van der Waals surface area contributed by atoms with Crippen LogP contribution < -0.4 is 0 Å². The van der Waals surface area contributed by atoms with Crippen molar-refractivity contribution in [2.75, 3.05) is 0 Å². The summed E-state index contributed by atoms with van der Waals surface area (Å²) >= 11 is 0. The van der Waals surface area contributed by atoms with Gasteiger partial charge in [0.25, 0.3) is 5.97 Å². The van der Waals surface area contributed by atoms with Crippen LogP contribution in [-0.2, 0) is 4.79 Å². The molecule has 0 atom stereocenters. The molecule has 0 aromatic carbocycles. The van der Waals surface area contributed by atoms with Gasteiger partial charge in [0.15, 0.2) is 0 Å². The lowest BCUT2D eigenvalue weighted by Gasteiger charge is -1.85. The second-order valence-corrected chi connectivity index (χ2v) is 2.31. The number of unbranched alkanes of at least 4 members (excludes halogenated alkanes) is 2. The van der Waals surface area contributed by atoms with Crippen LogP contribution in [0.3, 0.4) is 0 Å². The first-order valence-corrected chi connectivity index (χ1v) is 4.06. The van der Waals surface area contributed by atoms with Crippen LogP contribution >= 0.6 is 0 Å². The van der Waals surface area contributed by atoms with Gasteiger partial charge in [-0.3, -0.25) is 4.79 Å². The van der Waals surface area contributed by atoms with Crippen molar-refractivity contribution in [1.82, 2.24) is 0 Å².